The summed E-state index contributed by atoms with van der Waals surface area (Å²) < 4.78 is 2.23. The molecule has 0 atom stereocenters. The highest BCUT2D eigenvalue weighted by molar-refractivity contribution is 7.13. The smallest absolute Gasteiger partial charge is 0.264 e. The van der Waals surface area contributed by atoms with Gasteiger partial charge in [-0.05, 0) is 38.0 Å². The van der Waals surface area contributed by atoms with Crippen molar-refractivity contribution < 1.29 is 4.79 Å². The molecule has 2 aromatic heterocycles. The van der Waals surface area contributed by atoms with E-state index in [-0.39, 0.29) is 11.5 Å². The molecule has 0 unspecified atom stereocenters. The molecular weight excluding hydrogens is 358 g/mol. The summed E-state index contributed by atoms with van der Waals surface area (Å²) >= 11 is 1.61. The maximum absolute atomic E-state index is 12.9. The quantitative estimate of drug-likeness (QED) is 0.587. The number of thiazole rings is 1. The number of amides is 1. The van der Waals surface area contributed by atoms with Gasteiger partial charge >= 0.3 is 0 Å². The van der Waals surface area contributed by atoms with Crippen LogP contribution >= 0.6 is 11.3 Å². The summed E-state index contributed by atoms with van der Waals surface area (Å²) in [5, 5.41) is 12.5. The third kappa shape index (κ3) is 4.06. The second-order valence-corrected chi connectivity index (χ2v) is 7.61. The second-order valence-electron chi connectivity index (χ2n) is 6.74. The molecule has 27 heavy (non-hydrogen) atoms. The van der Waals surface area contributed by atoms with E-state index in [1.54, 1.807) is 28.5 Å². The predicted molar refractivity (Wildman–Crippen MR) is 109 cm³/mol. The molecule has 0 saturated carbocycles. The van der Waals surface area contributed by atoms with Crippen molar-refractivity contribution in [2.75, 3.05) is 31.1 Å². The molecule has 1 aliphatic heterocycles. The molecule has 6 nitrogen and oxygen atoms in total. The van der Waals surface area contributed by atoms with Gasteiger partial charge in [-0.1, -0.05) is 6.92 Å². The van der Waals surface area contributed by atoms with Crippen LogP contribution in [0.3, 0.4) is 0 Å². The molecule has 7 heteroatoms. The van der Waals surface area contributed by atoms with Crippen LogP contribution < -0.4 is 4.90 Å². The molecule has 0 spiro atoms. The van der Waals surface area contributed by atoms with Crippen molar-refractivity contribution in [1.82, 2.24) is 14.5 Å². The van der Waals surface area contributed by atoms with Crippen LogP contribution in [0.1, 0.15) is 30.3 Å². The Hall–Kier alpha value is -2.59. The summed E-state index contributed by atoms with van der Waals surface area (Å²) in [4.78, 5) is 21.1. The van der Waals surface area contributed by atoms with Crippen molar-refractivity contribution in [2.45, 2.75) is 33.7 Å². The van der Waals surface area contributed by atoms with Gasteiger partial charge in [0.1, 0.15) is 11.6 Å². The Balaban J connectivity index is 1.73. The minimum absolute atomic E-state index is 0.184. The van der Waals surface area contributed by atoms with Gasteiger partial charge in [0.25, 0.3) is 5.91 Å². The van der Waals surface area contributed by atoms with Crippen LogP contribution in [0, 0.1) is 25.2 Å². The molecule has 1 fully saturated rings. The van der Waals surface area contributed by atoms with Gasteiger partial charge in [0.2, 0.25) is 0 Å². The zero-order valence-electron chi connectivity index (χ0n) is 16.1. The number of piperazine rings is 1. The zero-order valence-corrected chi connectivity index (χ0v) is 16.9. The molecule has 0 bridgehead atoms. The van der Waals surface area contributed by atoms with Crippen molar-refractivity contribution in [1.29, 1.82) is 5.26 Å². The Labute approximate surface area is 164 Å². The van der Waals surface area contributed by atoms with E-state index in [1.165, 1.54) is 0 Å². The van der Waals surface area contributed by atoms with E-state index >= 15 is 0 Å². The molecule has 3 rings (SSSR count). The highest BCUT2D eigenvalue weighted by atomic mass is 32.1. The van der Waals surface area contributed by atoms with Crippen molar-refractivity contribution in [2.24, 2.45) is 0 Å². The predicted octanol–water partition coefficient (Wildman–Crippen LogP) is 3.23. The van der Waals surface area contributed by atoms with Gasteiger partial charge in [-0.25, -0.2) is 4.98 Å². The number of nitriles is 1. The number of hydrogen-bond donors (Lipinski definition) is 0. The number of hydrogen-bond acceptors (Lipinski definition) is 5. The van der Waals surface area contributed by atoms with Crippen molar-refractivity contribution in [3.63, 3.8) is 0 Å². The normalized spacial score (nSPS) is 15.1. The van der Waals surface area contributed by atoms with E-state index in [4.69, 9.17) is 0 Å². The maximum atomic E-state index is 12.9. The first-order chi connectivity index (χ1) is 13.0. The molecular formula is C20H25N5OS. The first-order valence-corrected chi connectivity index (χ1v) is 10.1. The summed E-state index contributed by atoms with van der Waals surface area (Å²) in [6.45, 7) is 9.88. The first-order valence-electron chi connectivity index (χ1n) is 9.27. The molecule has 1 saturated heterocycles. The summed E-state index contributed by atoms with van der Waals surface area (Å²) in [5.74, 6) is -0.184. The Morgan fingerprint density at radius 3 is 2.67 bits per heavy atom. The van der Waals surface area contributed by atoms with Gasteiger partial charge < -0.3 is 14.4 Å². The Morgan fingerprint density at radius 2 is 2.07 bits per heavy atom. The van der Waals surface area contributed by atoms with Crippen LogP contribution in [0.4, 0.5) is 5.13 Å². The Kier molecular flexibility index (Phi) is 5.97. The number of carbonyl (C=O) groups is 1. The number of aromatic nitrogens is 2. The summed E-state index contributed by atoms with van der Waals surface area (Å²) in [6.07, 6.45) is 4.58. The van der Waals surface area contributed by atoms with Crippen LogP contribution in [0.25, 0.3) is 6.08 Å². The van der Waals surface area contributed by atoms with Gasteiger partial charge in [-0.15, -0.1) is 11.3 Å². The molecule has 2 aromatic rings. The largest absolute Gasteiger partial charge is 0.349 e. The van der Waals surface area contributed by atoms with Crippen LogP contribution in [0.2, 0.25) is 0 Å². The average molecular weight is 384 g/mol. The molecule has 3 heterocycles. The summed E-state index contributed by atoms with van der Waals surface area (Å²) in [6, 6.07) is 4.16. The van der Waals surface area contributed by atoms with E-state index in [0.29, 0.717) is 13.1 Å². The van der Waals surface area contributed by atoms with Crippen LogP contribution in [-0.2, 0) is 11.3 Å². The van der Waals surface area contributed by atoms with Crippen molar-refractivity contribution in [3.05, 3.63) is 40.2 Å². The second kappa shape index (κ2) is 8.40. The fourth-order valence-corrected chi connectivity index (χ4v) is 4.18. The first kappa shape index (κ1) is 19.2. The zero-order chi connectivity index (χ0) is 19.4. The topological polar surface area (TPSA) is 65.2 Å². The molecule has 0 N–H and O–H groups in total. The van der Waals surface area contributed by atoms with Gasteiger partial charge in [0.05, 0.1) is 0 Å². The standard InChI is InChI=1S/C20H25N5OS/c1-4-6-25-15(2)12-17(16(25)3)13-18(14-21)19(26)23-7-9-24(10-8-23)20-22-5-11-27-20/h5,11-13H,4,6-10H2,1-3H3/b18-13+. The van der Waals surface area contributed by atoms with E-state index in [0.717, 1.165) is 48.1 Å². The van der Waals surface area contributed by atoms with Gasteiger partial charge in [-0.3, -0.25) is 4.79 Å². The highest BCUT2D eigenvalue weighted by Gasteiger charge is 2.25. The molecule has 142 valence electrons. The fourth-order valence-electron chi connectivity index (χ4n) is 3.48. The Bertz CT molecular complexity index is 867. The van der Waals surface area contributed by atoms with Crippen LogP contribution in [0.5, 0.6) is 0 Å². The Morgan fingerprint density at radius 1 is 1.33 bits per heavy atom. The molecule has 1 amide bonds. The third-order valence-electron chi connectivity index (χ3n) is 4.97. The lowest BCUT2D eigenvalue weighted by atomic mass is 10.1. The minimum Gasteiger partial charge on any atom is -0.349 e. The van der Waals surface area contributed by atoms with E-state index < -0.39 is 0 Å². The van der Waals surface area contributed by atoms with Crippen LogP contribution in [0.15, 0.2) is 23.2 Å². The summed E-state index contributed by atoms with van der Waals surface area (Å²) in [5.41, 5.74) is 3.41. The molecule has 0 aliphatic carbocycles. The fraction of sp³-hybridized carbons (Fsp3) is 0.450. The number of rotatable bonds is 5. The lowest BCUT2D eigenvalue weighted by Crippen LogP contribution is -2.49. The number of carbonyl (C=O) groups excluding carboxylic acids is 1. The third-order valence-corrected chi connectivity index (χ3v) is 5.80. The number of aryl methyl sites for hydroxylation is 1. The molecule has 1 aliphatic rings. The van der Waals surface area contributed by atoms with Crippen molar-refractivity contribution >= 4 is 28.5 Å². The lowest BCUT2D eigenvalue weighted by molar-refractivity contribution is -0.126. The molecule has 0 radical (unpaired) electrons. The van der Waals surface area contributed by atoms with Gasteiger partial charge in [-0.2, -0.15) is 5.26 Å². The number of anilines is 1. The SMILES string of the molecule is CCCn1c(C)cc(/C=C(\C#N)C(=O)N2CCN(c3nccs3)CC2)c1C. The van der Waals surface area contributed by atoms with Crippen LogP contribution in [-0.4, -0.2) is 46.5 Å². The summed E-state index contributed by atoms with van der Waals surface area (Å²) in [7, 11) is 0. The minimum atomic E-state index is -0.184. The van der Waals surface area contributed by atoms with Crippen molar-refractivity contribution in [3.8, 4) is 6.07 Å². The van der Waals surface area contributed by atoms with E-state index in [2.05, 4.69) is 40.4 Å². The lowest BCUT2D eigenvalue weighted by Gasteiger charge is -2.34. The van der Waals surface area contributed by atoms with Gasteiger partial charge in [0.15, 0.2) is 5.13 Å². The maximum Gasteiger partial charge on any atom is 0.264 e. The average Bonchev–Trinajstić information content (AvgIpc) is 3.30. The monoisotopic (exact) mass is 383 g/mol. The van der Waals surface area contributed by atoms with E-state index in [1.807, 2.05) is 12.3 Å². The van der Waals surface area contributed by atoms with E-state index in [9.17, 15) is 10.1 Å². The highest BCUT2D eigenvalue weighted by Crippen LogP contribution is 2.21. The molecule has 0 aromatic carbocycles. The van der Waals surface area contributed by atoms with Gasteiger partial charge in [0, 0.05) is 55.7 Å². The number of nitrogens with zero attached hydrogens (tertiary/aromatic N) is 5.